The van der Waals surface area contributed by atoms with E-state index in [-0.39, 0.29) is 0 Å². The molecule has 9 heavy (non-hydrogen) atoms. The summed E-state index contributed by atoms with van der Waals surface area (Å²) in [6.07, 6.45) is -7.69. The molecule has 0 saturated carbocycles. The number of amides is 1. The van der Waals surface area contributed by atoms with Gasteiger partial charge in [0.1, 0.15) is 0 Å². The zero-order chi connectivity index (χ0) is 7.65. The van der Waals surface area contributed by atoms with E-state index in [4.69, 9.17) is 10.3 Å². The van der Waals surface area contributed by atoms with Crippen molar-refractivity contribution < 1.29 is 28.3 Å². The third-order valence-corrected chi connectivity index (χ3v) is 0.421. The minimum Gasteiger partial charge on any atom is -0.463 e. The highest BCUT2D eigenvalue weighted by atomic mass is 19.4. The van der Waals surface area contributed by atoms with Gasteiger partial charge in [-0.25, -0.2) is 4.79 Å². The quantitative estimate of drug-likeness (QED) is 0.302. The molecule has 0 atom stereocenters. The smallest absolute Gasteiger partial charge is 0.463 e. The molecule has 0 heterocycles. The predicted molar refractivity (Wildman–Crippen MR) is 17.7 cm³/mol. The highest BCUT2D eigenvalue weighted by molar-refractivity contribution is 5.63. The van der Waals surface area contributed by atoms with Gasteiger partial charge in [-0.1, -0.05) is 5.06 Å². The molecule has 0 bridgehead atoms. The first-order valence-electron chi connectivity index (χ1n) is 1.64. The molecule has 0 unspecified atom stereocenters. The number of carbonyl (C=O) groups is 1. The Morgan fingerprint density at radius 1 is 1.44 bits per heavy atom. The van der Waals surface area contributed by atoms with Crippen LogP contribution >= 0.6 is 0 Å². The van der Waals surface area contributed by atoms with Crippen LogP contribution in [0.5, 0.6) is 0 Å². The van der Waals surface area contributed by atoms with Crippen LogP contribution in [0.1, 0.15) is 0 Å². The normalized spacial score (nSPS) is 11.1. The number of alkyl halides is 3. The van der Waals surface area contributed by atoms with Crippen LogP contribution in [0, 0.1) is 0 Å². The molecule has 0 aliphatic heterocycles. The summed E-state index contributed by atoms with van der Waals surface area (Å²) in [5.74, 6) is 0. The van der Waals surface area contributed by atoms with Gasteiger partial charge in [0.15, 0.2) is 0 Å². The van der Waals surface area contributed by atoms with E-state index in [1.807, 2.05) is 0 Å². The van der Waals surface area contributed by atoms with E-state index in [9.17, 15) is 18.0 Å². The number of hydrogen-bond donors (Lipinski definition) is 2. The fourth-order valence-electron chi connectivity index (χ4n) is 0.108. The topological polar surface area (TPSA) is 60.8 Å². The van der Waals surface area contributed by atoms with E-state index >= 15 is 0 Å². The third kappa shape index (κ3) is 2.17. The van der Waals surface area contributed by atoms with E-state index in [0.29, 0.717) is 0 Å². The molecule has 4 nitrogen and oxygen atoms in total. The molecule has 0 aliphatic carbocycles. The number of carboxylic acid groups (broad SMARTS) is 1. The second-order valence-corrected chi connectivity index (χ2v) is 1.06. The van der Waals surface area contributed by atoms with Crippen molar-refractivity contribution in [1.82, 2.24) is 5.06 Å². The SMILES string of the molecule is O=C(O)N(O)C(F)(F)F. The van der Waals surface area contributed by atoms with Crippen LogP contribution in [-0.2, 0) is 0 Å². The standard InChI is InChI=1S/C2H2F3NO3/c3-2(4,5)6(9)1(7)8/h9H,(H,7,8). The van der Waals surface area contributed by atoms with Gasteiger partial charge in [0.25, 0.3) is 0 Å². The Balaban J connectivity index is 4.04. The van der Waals surface area contributed by atoms with Gasteiger partial charge in [-0.3, -0.25) is 5.21 Å². The summed E-state index contributed by atoms with van der Waals surface area (Å²) in [4.78, 5) is 9.30. The van der Waals surface area contributed by atoms with Gasteiger partial charge in [0, 0.05) is 0 Å². The van der Waals surface area contributed by atoms with E-state index in [2.05, 4.69) is 0 Å². The van der Waals surface area contributed by atoms with Crippen LogP contribution in [0.3, 0.4) is 0 Å². The van der Waals surface area contributed by atoms with Crippen molar-refractivity contribution in [3.8, 4) is 0 Å². The fraction of sp³-hybridized carbons (Fsp3) is 0.500. The number of halogens is 3. The zero-order valence-electron chi connectivity index (χ0n) is 3.88. The lowest BCUT2D eigenvalue weighted by atomic mass is 11.0. The van der Waals surface area contributed by atoms with Gasteiger partial charge >= 0.3 is 12.4 Å². The van der Waals surface area contributed by atoms with Crippen LogP contribution in [-0.4, -0.2) is 27.8 Å². The summed E-state index contributed by atoms with van der Waals surface area (Å²) < 4.78 is 33.0. The van der Waals surface area contributed by atoms with Crippen molar-refractivity contribution >= 4 is 6.09 Å². The second-order valence-electron chi connectivity index (χ2n) is 1.06. The number of hydrogen-bond acceptors (Lipinski definition) is 2. The molecule has 0 aromatic carbocycles. The van der Waals surface area contributed by atoms with Gasteiger partial charge in [0.2, 0.25) is 0 Å². The molecule has 0 rings (SSSR count). The van der Waals surface area contributed by atoms with Crippen molar-refractivity contribution in [2.45, 2.75) is 6.30 Å². The van der Waals surface area contributed by atoms with Gasteiger partial charge < -0.3 is 5.11 Å². The van der Waals surface area contributed by atoms with E-state index < -0.39 is 17.5 Å². The van der Waals surface area contributed by atoms with Crippen molar-refractivity contribution in [2.75, 3.05) is 0 Å². The van der Waals surface area contributed by atoms with Gasteiger partial charge in [-0.15, -0.1) is 13.2 Å². The molecular weight excluding hydrogens is 143 g/mol. The number of rotatable bonds is 0. The Bertz CT molecular complexity index is 121. The van der Waals surface area contributed by atoms with Gasteiger partial charge in [0.05, 0.1) is 0 Å². The molecule has 0 fully saturated rings. The Morgan fingerprint density at radius 2 is 1.78 bits per heavy atom. The number of nitrogens with zero attached hydrogens (tertiary/aromatic N) is 1. The van der Waals surface area contributed by atoms with Crippen molar-refractivity contribution in [2.24, 2.45) is 0 Å². The van der Waals surface area contributed by atoms with E-state index in [0.717, 1.165) is 0 Å². The summed E-state index contributed by atoms with van der Waals surface area (Å²) in [5, 5.41) is 13.3. The zero-order valence-corrected chi connectivity index (χ0v) is 3.88. The lowest BCUT2D eigenvalue weighted by molar-refractivity contribution is -0.326. The summed E-state index contributed by atoms with van der Waals surface area (Å²) in [6, 6.07) is 0. The number of hydroxylamine groups is 2. The molecule has 0 radical (unpaired) electrons. The maximum absolute atomic E-state index is 11.0. The average Bonchev–Trinajstić information content (AvgIpc) is 1.62. The lowest BCUT2D eigenvalue weighted by Crippen LogP contribution is -2.38. The largest absolute Gasteiger partial charge is 0.513 e. The molecule has 0 spiro atoms. The second kappa shape index (κ2) is 2.09. The van der Waals surface area contributed by atoms with Crippen molar-refractivity contribution in [1.29, 1.82) is 0 Å². The Morgan fingerprint density at radius 3 is 1.78 bits per heavy atom. The lowest BCUT2D eigenvalue weighted by Gasteiger charge is -2.12. The van der Waals surface area contributed by atoms with Crippen LogP contribution in [0.25, 0.3) is 0 Å². The van der Waals surface area contributed by atoms with Crippen LogP contribution in [0.15, 0.2) is 0 Å². The predicted octanol–water partition coefficient (Wildman–Crippen LogP) is 0.875. The highest BCUT2D eigenvalue weighted by Crippen LogP contribution is 2.17. The first-order chi connectivity index (χ1) is 3.85. The molecule has 2 N–H and O–H groups in total. The average molecular weight is 145 g/mol. The summed E-state index contributed by atoms with van der Waals surface area (Å²) >= 11 is 0. The molecule has 7 heteroatoms. The van der Waals surface area contributed by atoms with Gasteiger partial charge in [-0.05, 0) is 0 Å². The molecule has 1 amide bonds. The fourth-order valence-corrected chi connectivity index (χ4v) is 0.108. The first-order valence-corrected chi connectivity index (χ1v) is 1.64. The van der Waals surface area contributed by atoms with E-state index in [1.165, 1.54) is 0 Å². The van der Waals surface area contributed by atoms with E-state index in [1.54, 1.807) is 0 Å². The third-order valence-electron chi connectivity index (χ3n) is 0.421. The van der Waals surface area contributed by atoms with Crippen molar-refractivity contribution in [3.05, 3.63) is 0 Å². The molecule has 0 aromatic heterocycles. The summed E-state index contributed by atoms with van der Waals surface area (Å²) in [7, 11) is 0. The molecule has 0 saturated heterocycles. The maximum atomic E-state index is 11.0. The molecule has 0 aliphatic rings. The highest BCUT2D eigenvalue weighted by Gasteiger charge is 2.40. The monoisotopic (exact) mass is 145 g/mol. The Labute approximate surface area is 47.1 Å². The van der Waals surface area contributed by atoms with Gasteiger partial charge in [-0.2, -0.15) is 0 Å². The first kappa shape index (κ1) is 8.02. The van der Waals surface area contributed by atoms with Crippen LogP contribution < -0.4 is 0 Å². The molecular formula is C2H2F3NO3. The minimum atomic E-state index is -5.23. The van der Waals surface area contributed by atoms with Crippen LogP contribution in [0.2, 0.25) is 0 Å². The molecule has 0 aromatic rings. The van der Waals surface area contributed by atoms with Crippen LogP contribution in [0.4, 0.5) is 18.0 Å². The Kier molecular flexibility index (Phi) is 1.87. The minimum absolute atomic E-state index is 1.73. The Hall–Kier alpha value is -0.980. The summed E-state index contributed by atoms with van der Waals surface area (Å²) in [5.41, 5.74) is 0. The maximum Gasteiger partial charge on any atom is 0.513 e. The van der Waals surface area contributed by atoms with Crippen molar-refractivity contribution in [3.63, 3.8) is 0 Å². The summed E-state index contributed by atoms with van der Waals surface area (Å²) in [6.45, 7) is 0. The molecule has 54 valence electrons.